The highest BCUT2D eigenvalue weighted by atomic mass is 16.3. The molecule has 0 unspecified atom stereocenters. The fraction of sp³-hybridized carbons (Fsp3) is 0.182. The summed E-state index contributed by atoms with van der Waals surface area (Å²) < 4.78 is 0. The molecule has 138 valence electrons. The maximum absolute atomic E-state index is 10.1. The lowest BCUT2D eigenvalue weighted by Gasteiger charge is -2.38. The third-order valence-electron chi connectivity index (χ3n) is 5.48. The fourth-order valence-corrected chi connectivity index (χ4v) is 3.67. The van der Waals surface area contributed by atoms with Crippen LogP contribution in [0.3, 0.4) is 0 Å². The molecule has 0 aliphatic heterocycles. The number of nitrogens with zero attached hydrogens (tertiary/aromatic N) is 4. The summed E-state index contributed by atoms with van der Waals surface area (Å²) in [4.78, 5) is 17.4. The number of hydrogen-bond acceptors (Lipinski definition) is 6. The average molecular weight is 369 g/mol. The molecule has 0 bridgehead atoms. The van der Waals surface area contributed by atoms with Crippen molar-refractivity contribution in [1.29, 1.82) is 0 Å². The molecule has 0 radical (unpaired) electrons. The van der Waals surface area contributed by atoms with E-state index in [1.807, 2.05) is 42.5 Å². The number of nitrogens with two attached hydrogens (primary N) is 1. The van der Waals surface area contributed by atoms with Crippen LogP contribution >= 0.6 is 0 Å². The van der Waals surface area contributed by atoms with E-state index in [0.29, 0.717) is 17.0 Å². The summed E-state index contributed by atoms with van der Waals surface area (Å²) in [5, 5.41) is 10.1. The quantitative estimate of drug-likeness (QED) is 0.570. The van der Waals surface area contributed by atoms with E-state index in [2.05, 4.69) is 27.1 Å². The summed E-state index contributed by atoms with van der Waals surface area (Å²) in [5.41, 5.74) is 11.3. The van der Waals surface area contributed by atoms with Crippen LogP contribution in [0.1, 0.15) is 24.8 Å². The Morgan fingerprint density at radius 2 is 1.50 bits per heavy atom. The van der Waals surface area contributed by atoms with Gasteiger partial charge in [0.05, 0.1) is 11.4 Å². The van der Waals surface area contributed by atoms with Gasteiger partial charge in [-0.2, -0.15) is 4.98 Å². The molecule has 1 aliphatic rings. The van der Waals surface area contributed by atoms with E-state index in [4.69, 9.17) is 10.7 Å². The maximum atomic E-state index is 10.1. The number of fused-ring (bicyclic) bond motifs is 1. The van der Waals surface area contributed by atoms with Gasteiger partial charge >= 0.3 is 0 Å². The molecule has 1 aliphatic carbocycles. The summed E-state index contributed by atoms with van der Waals surface area (Å²) >= 11 is 0. The third-order valence-corrected chi connectivity index (χ3v) is 5.48. The van der Waals surface area contributed by atoms with Crippen LogP contribution in [0.15, 0.2) is 60.9 Å². The molecule has 2 heterocycles. The lowest BCUT2D eigenvalue weighted by molar-refractivity contribution is 0.253. The van der Waals surface area contributed by atoms with Crippen LogP contribution in [-0.2, 0) is 5.54 Å². The van der Waals surface area contributed by atoms with Crippen LogP contribution in [0.4, 0.5) is 0 Å². The van der Waals surface area contributed by atoms with E-state index in [1.165, 1.54) is 12.7 Å². The maximum Gasteiger partial charge on any atom is 0.242 e. The number of hydrogen-bond donors (Lipinski definition) is 2. The van der Waals surface area contributed by atoms with E-state index in [9.17, 15) is 5.11 Å². The molecule has 4 aromatic rings. The highest BCUT2D eigenvalue weighted by Gasteiger charge is 2.34. The molecule has 1 saturated carbocycles. The van der Waals surface area contributed by atoms with Crippen molar-refractivity contribution in [3.05, 3.63) is 66.5 Å². The van der Waals surface area contributed by atoms with Gasteiger partial charge in [0.2, 0.25) is 5.88 Å². The fourth-order valence-electron chi connectivity index (χ4n) is 3.67. The number of rotatable bonds is 3. The van der Waals surface area contributed by atoms with Gasteiger partial charge in [-0.1, -0.05) is 54.6 Å². The zero-order chi connectivity index (χ0) is 19.1. The Kier molecular flexibility index (Phi) is 3.80. The molecular weight excluding hydrogens is 350 g/mol. The van der Waals surface area contributed by atoms with Crippen molar-refractivity contribution in [2.24, 2.45) is 5.73 Å². The minimum absolute atomic E-state index is 0.174. The van der Waals surface area contributed by atoms with Gasteiger partial charge < -0.3 is 10.8 Å². The number of benzene rings is 2. The predicted octanol–water partition coefficient (Wildman–Crippen LogP) is 3.80. The standard InChI is InChI=1S/C22H19N5O/c23-22(11-4-12-22)16-9-7-15(8-10-16)18-17(14-5-2-1-3-6-14)26-19-20(27-18)24-13-25-21(19)28/h1-3,5-10,13H,4,11-12,23H2,(H,24,25,27,28). The van der Waals surface area contributed by atoms with Crippen molar-refractivity contribution in [1.82, 2.24) is 19.9 Å². The first-order valence-corrected chi connectivity index (χ1v) is 9.31. The predicted molar refractivity (Wildman–Crippen MR) is 107 cm³/mol. The Morgan fingerprint density at radius 3 is 2.18 bits per heavy atom. The van der Waals surface area contributed by atoms with Crippen molar-refractivity contribution >= 4 is 11.2 Å². The van der Waals surface area contributed by atoms with Crippen molar-refractivity contribution in [3.63, 3.8) is 0 Å². The molecule has 0 atom stereocenters. The molecule has 1 fully saturated rings. The summed E-state index contributed by atoms with van der Waals surface area (Å²) in [5.74, 6) is -0.174. The topological polar surface area (TPSA) is 97.8 Å². The van der Waals surface area contributed by atoms with Crippen LogP contribution in [0.25, 0.3) is 33.7 Å². The van der Waals surface area contributed by atoms with E-state index in [1.54, 1.807) is 0 Å². The largest absolute Gasteiger partial charge is 0.492 e. The average Bonchev–Trinajstić information content (AvgIpc) is 2.72. The Morgan fingerprint density at radius 1 is 0.821 bits per heavy atom. The van der Waals surface area contributed by atoms with Crippen LogP contribution in [0, 0.1) is 0 Å². The molecule has 2 aromatic carbocycles. The van der Waals surface area contributed by atoms with Gasteiger partial charge in [-0.05, 0) is 24.8 Å². The number of aromatic nitrogens is 4. The monoisotopic (exact) mass is 369 g/mol. The van der Waals surface area contributed by atoms with Gasteiger partial charge in [0, 0.05) is 16.7 Å². The molecular formula is C22H19N5O. The van der Waals surface area contributed by atoms with E-state index >= 15 is 0 Å². The SMILES string of the molecule is NC1(c2ccc(-c3nc4ncnc(O)c4nc3-c3ccccc3)cc2)CCC1. The summed E-state index contributed by atoms with van der Waals surface area (Å²) in [6.45, 7) is 0. The lowest BCUT2D eigenvalue weighted by atomic mass is 9.72. The van der Waals surface area contributed by atoms with Gasteiger partial charge in [0.15, 0.2) is 11.2 Å². The second kappa shape index (κ2) is 6.35. The van der Waals surface area contributed by atoms with Gasteiger partial charge in [-0.15, -0.1) is 0 Å². The molecule has 2 aromatic heterocycles. The Labute approximate surface area is 162 Å². The lowest BCUT2D eigenvalue weighted by Crippen LogP contribution is -2.43. The van der Waals surface area contributed by atoms with Crippen molar-refractivity contribution in [2.75, 3.05) is 0 Å². The van der Waals surface area contributed by atoms with Gasteiger partial charge in [0.1, 0.15) is 6.33 Å². The van der Waals surface area contributed by atoms with E-state index in [0.717, 1.165) is 29.5 Å². The highest BCUT2D eigenvalue weighted by molar-refractivity contribution is 5.86. The van der Waals surface area contributed by atoms with E-state index < -0.39 is 0 Å². The van der Waals surface area contributed by atoms with Crippen LogP contribution in [-0.4, -0.2) is 25.0 Å². The third kappa shape index (κ3) is 2.70. The molecule has 0 amide bonds. The molecule has 6 heteroatoms. The van der Waals surface area contributed by atoms with E-state index in [-0.39, 0.29) is 16.9 Å². The molecule has 3 N–H and O–H groups in total. The Hall–Kier alpha value is -3.38. The van der Waals surface area contributed by atoms with Gasteiger partial charge in [0.25, 0.3) is 0 Å². The molecule has 5 rings (SSSR count). The zero-order valence-corrected chi connectivity index (χ0v) is 15.2. The highest BCUT2D eigenvalue weighted by Crippen LogP contribution is 2.39. The molecule has 6 nitrogen and oxygen atoms in total. The summed E-state index contributed by atoms with van der Waals surface area (Å²) in [7, 11) is 0. The second-order valence-corrected chi connectivity index (χ2v) is 7.24. The Balaban J connectivity index is 1.69. The minimum atomic E-state index is -0.200. The first kappa shape index (κ1) is 16.8. The second-order valence-electron chi connectivity index (χ2n) is 7.24. The molecule has 0 saturated heterocycles. The minimum Gasteiger partial charge on any atom is -0.492 e. The summed E-state index contributed by atoms with van der Waals surface area (Å²) in [6.07, 6.45) is 4.51. The molecule has 0 spiro atoms. The van der Waals surface area contributed by atoms with Gasteiger partial charge in [-0.3, -0.25) is 0 Å². The smallest absolute Gasteiger partial charge is 0.242 e. The van der Waals surface area contributed by atoms with Crippen LogP contribution in [0.5, 0.6) is 5.88 Å². The Bertz CT molecular complexity index is 1150. The number of aromatic hydroxyl groups is 1. The van der Waals surface area contributed by atoms with Crippen LogP contribution < -0.4 is 5.73 Å². The first-order valence-electron chi connectivity index (χ1n) is 9.31. The van der Waals surface area contributed by atoms with Crippen molar-refractivity contribution in [3.8, 4) is 28.4 Å². The summed E-state index contributed by atoms with van der Waals surface area (Å²) in [6, 6.07) is 18.0. The normalized spacial score (nSPS) is 15.3. The van der Waals surface area contributed by atoms with Crippen molar-refractivity contribution < 1.29 is 5.11 Å². The first-order chi connectivity index (χ1) is 13.6. The van der Waals surface area contributed by atoms with Crippen LogP contribution in [0.2, 0.25) is 0 Å². The van der Waals surface area contributed by atoms with Gasteiger partial charge in [-0.25, -0.2) is 15.0 Å². The zero-order valence-electron chi connectivity index (χ0n) is 15.2. The molecule has 28 heavy (non-hydrogen) atoms. The van der Waals surface area contributed by atoms with Crippen molar-refractivity contribution in [2.45, 2.75) is 24.8 Å².